The minimum atomic E-state index is -2.91. The number of sulfone groups is 1. The Morgan fingerprint density at radius 2 is 1.90 bits per heavy atom. The van der Waals surface area contributed by atoms with E-state index in [0.29, 0.717) is 18.3 Å². The van der Waals surface area contributed by atoms with Gasteiger partial charge in [0.1, 0.15) is 15.4 Å². The molecule has 118 valence electrons. The maximum absolute atomic E-state index is 11.7. The third-order valence-corrected chi connectivity index (χ3v) is 4.61. The molecule has 0 aromatic carbocycles. The second-order valence-electron chi connectivity index (χ2n) is 6.97. The zero-order valence-electron chi connectivity index (χ0n) is 13.1. The molecule has 0 radical (unpaired) electrons. The first-order chi connectivity index (χ1) is 8.96. The predicted octanol–water partition coefficient (Wildman–Crippen LogP) is 2.36. The number of hydrogen-bond acceptors (Lipinski definition) is 4. The van der Waals surface area contributed by atoms with Gasteiger partial charge in [0, 0.05) is 12.3 Å². The SMILES string of the molecule is C[C@H]1C[C@H](NC(=O)OC(C)(C)C)C[C@@H]1CCS(C)(=O)=O. The Balaban J connectivity index is 2.43. The summed E-state index contributed by atoms with van der Waals surface area (Å²) in [6, 6.07) is 0.0874. The Morgan fingerprint density at radius 1 is 1.30 bits per heavy atom. The average molecular weight is 305 g/mol. The molecule has 1 rings (SSSR count). The van der Waals surface area contributed by atoms with Crippen molar-refractivity contribution in [3.63, 3.8) is 0 Å². The highest BCUT2D eigenvalue weighted by atomic mass is 32.2. The average Bonchev–Trinajstić information content (AvgIpc) is 2.51. The minimum Gasteiger partial charge on any atom is -0.444 e. The highest BCUT2D eigenvalue weighted by Gasteiger charge is 2.33. The molecule has 6 heteroatoms. The van der Waals surface area contributed by atoms with Gasteiger partial charge < -0.3 is 10.1 Å². The molecule has 0 aliphatic heterocycles. The molecular weight excluding hydrogens is 278 g/mol. The van der Waals surface area contributed by atoms with Crippen molar-refractivity contribution in [2.24, 2.45) is 11.8 Å². The monoisotopic (exact) mass is 305 g/mol. The zero-order valence-corrected chi connectivity index (χ0v) is 13.9. The molecule has 1 aliphatic carbocycles. The molecule has 3 atom stereocenters. The van der Waals surface area contributed by atoms with Gasteiger partial charge in [0.25, 0.3) is 0 Å². The van der Waals surface area contributed by atoms with E-state index in [-0.39, 0.29) is 11.8 Å². The Kier molecular flexibility index (Phi) is 5.46. The number of nitrogens with one attached hydrogen (secondary N) is 1. The molecule has 1 fully saturated rings. The number of rotatable bonds is 4. The van der Waals surface area contributed by atoms with Crippen molar-refractivity contribution in [2.75, 3.05) is 12.0 Å². The molecule has 0 bridgehead atoms. The molecular formula is C14H27NO4S. The van der Waals surface area contributed by atoms with E-state index in [0.717, 1.165) is 12.8 Å². The summed E-state index contributed by atoms with van der Waals surface area (Å²) in [5, 5.41) is 2.88. The number of hydrogen-bond donors (Lipinski definition) is 1. The summed E-state index contributed by atoms with van der Waals surface area (Å²) in [6.45, 7) is 7.61. The molecule has 1 saturated carbocycles. The fraction of sp³-hybridized carbons (Fsp3) is 0.929. The molecule has 0 spiro atoms. The largest absolute Gasteiger partial charge is 0.444 e. The van der Waals surface area contributed by atoms with E-state index < -0.39 is 21.5 Å². The van der Waals surface area contributed by atoms with Crippen LogP contribution in [0.3, 0.4) is 0 Å². The second-order valence-corrected chi connectivity index (χ2v) is 9.23. The van der Waals surface area contributed by atoms with Crippen LogP contribution in [-0.2, 0) is 14.6 Å². The Bertz CT molecular complexity index is 439. The molecule has 0 saturated heterocycles. The molecule has 1 amide bonds. The number of alkyl carbamates (subject to hydrolysis) is 1. The van der Waals surface area contributed by atoms with Gasteiger partial charge in [-0.15, -0.1) is 0 Å². The third kappa shape index (κ3) is 6.59. The number of ether oxygens (including phenoxy) is 1. The van der Waals surface area contributed by atoms with Crippen LogP contribution >= 0.6 is 0 Å². The first-order valence-corrected chi connectivity index (χ1v) is 9.19. The molecule has 0 heterocycles. The minimum absolute atomic E-state index is 0.0874. The van der Waals surface area contributed by atoms with Gasteiger partial charge >= 0.3 is 6.09 Å². The lowest BCUT2D eigenvalue weighted by molar-refractivity contribution is 0.0504. The summed E-state index contributed by atoms with van der Waals surface area (Å²) in [4.78, 5) is 11.7. The summed E-state index contributed by atoms with van der Waals surface area (Å²) in [7, 11) is -2.91. The van der Waals surface area contributed by atoms with Gasteiger partial charge in [0.2, 0.25) is 0 Å². The zero-order chi connectivity index (χ0) is 15.6. The van der Waals surface area contributed by atoms with Crippen molar-refractivity contribution in [1.82, 2.24) is 5.32 Å². The first kappa shape index (κ1) is 17.3. The lowest BCUT2D eigenvalue weighted by Gasteiger charge is -2.21. The molecule has 0 aromatic heterocycles. The number of amides is 1. The van der Waals surface area contributed by atoms with Gasteiger partial charge in [0.05, 0.1) is 5.75 Å². The molecule has 0 aromatic rings. The topological polar surface area (TPSA) is 72.5 Å². The van der Waals surface area contributed by atoms with E-state index in [2.05, 4.69) is 12.2 Å². The molecule has 5 nitrogen and oxygen atoms in total. The quantitative estimate of drug-likeness (QED) is 0.865. The number of carbonyl (C=O) groups excluding carboxylic acids is 1. The van der Waals surface area contributed by atoms with Crippen LogP contribution in [0.5, 0.6) is 0 Å². The van der Waals surface area contributed by atoms with Crippen molar-refractivity contribution < 1.29 is 17.9 Å². The van der Waals surface area contributed by atoms with Gasteiger partial charge in [-0.3, -0.25) is 0 Å². The van der Waals surface area contributed by atoms with Crippen LogP contribution in [0, 0.1) is 11.8 Å². The summed E-state index contributed by atoms with van der Waals surface area (Å²) in [5.41, 5.74) is -0.496. The fourth-order valence-corrected chi connectivity index (χ4v) is 3.43. The van der Waals surface area contributed by atoms with E-state index in [1.165, 1.54) is 6.26 Å². The van der Waals surface area contributed by atoms with Gasteiger partial charge in [-0.25, -0.2) is 13.2 Å². The third-order valence-electron chi connectivity index (χ3n) is 3.63. The standard InChI is InChI=1S/C14H27NO4S/c1-10-8-12(15-13(16)19-14(2,3)4)9-11(10)6-7-20(5,17)18/h10-12H,6-9H2,1-5H3,(H,15,16)/t10-,11-,12-/m0/s1. The van der Waals surface area contributed by atoms with Crippen LogP contribution < -0.4 is 5.32 Å². The Morgan fingerprint density at radius 3 is 2.40 bits per heavy atom. The predicted molar refractivity (Wildman–Crippen MR) is 79.4 cm³/mol. The van der Waals surface area contributed by atoms with Crippen molar-refractivity contribution >= 4 is 15.9 Å². The van der Waals surface area contributed by atoms with Crippen LogP contribution in [0.1, 0.15) is 47.0 Å². The van der Waals surface area contributed by atoms with E-state index in [1.807, 2.05) is 20.8 Å². The highest BCUT2D eigenvalue weighted by Crippen LogP contribution is 2.34. The van der Waals surface area contributed by atoms with Crippen molar-refractivity contribution in [1.29, 1.82) is 0 Å². The van der Waals surface area contributed by atoms with Crippen LogP contribution in [-0.4, -0.2) is 38.2 Å². The summed E-state index contributed by atoms with van der Waals surface area (Å²) in [6.07, 6.45) is 3.26. The smallest absolute Gasteiger partial charge is 0.407 e. The molecule has 1 N–H and O–H groups in total. The van der Waals surface area contributed by atoms with E-state index in [9.17, 15) is 13.2 Å². The van der Waals surface area contributed by atoms with E-state index >= 15 is 0 Å². The van der Waals surface area contributed by atoms with Crippen molar-refractivity contribution in [3.8, 4) is 0 Å². The number of carbonyl (C=O) groups is 1. The second kappa shape index (κ2) is 6.33. The summed E-state index contributed by atoms with van der Waals surface area (Å²) in [5.74, 6) is 1.00. The van der Waals surface area contributed by atoms with Gasteiger partial charge in [0.15, 0.2) is 0 Å². The lowest BCUT2D eigenvalue weighted by atomic mass is 9.96. The van der Waals surface area contributed by atoms with Crippen LogP contribution in [0.15, 0.2) is 0 Å². The Labute approximate surface area is 122 Å². The van der Waals surface area contributed by atoms with Crippen LogP contribution in [0.25, 0.3) is 0 Å². The van der Waals surface area contributed by atoms with Crippen molar-refractivity contribution in [3.05, 3.63) is 0 Å². The fourth-order valence-electron chi connectivity index (χ4n) is 2.70. The van der Waals surface area contributed by atoms with Gasteiger partial charge in [-0.1, -0.05) is 6.92 Å². The summed E-state index contributed by atoms with van der Waals surface area (Å²) >= 11 is 0. The highest BCUT2D eigenvalue weighted by molar-refractivity contribution is 7.90. The van der Waals surface area contributed by atoms with Gasteiger partial charge in [-0.05, 0) is 51.9 Å². The maximum Gasteiger partial charge on any atom is 0.407 e. The normalized spacial score (nSPS) is 27.4. The van der Waals surface area contributed by atoms with Crippen LogP contribution in [0.2, 0.25) is 0 Å². The summed E-state index contributed by atoms with van der Waals surface area (Å²) < 4.78 is 27.7. The molecule has 20 heavy (non-hydrogen) atoms. The van der Waals surface area contributed by atoms with E-state index in [4.69, 9.17) is 4.74 Å². The molecule has 0 unspecified atom stereocenters. The maximum atomic E-state index is 11.7. The lowest BCUT2D eigenvalue weighted by Crippen LogP contribution is -2.38. The van der Waals surface area contributed by atoms with Crippen LogP contribution in [0.4, 0.5) is 4.79 Å². The van der Waals surface area contributed by atoms with E-state index in [1.54, 1.807) is 0 Å². The Hall–Kier alpha value is -0.780. The first-order valence-electron chi connectivity index (χ1n) is 7.13. The van der Waals surface area contributed by atoms with Gasteiger partial charge in [-0.2, -0.15) is 0 Å². The molecule has 1 aliphatic rings. The van der Waals surface area contributed by atoms with Crippen molar-refractivity contribution in [2.45, 2.75) is 58.6 Å².